The normalized spacial score (nSPS) is 26.7. The van der Waals surface area contributed by atoms with E-state index < -0.39 is 0 Å². The number of hydrogen-bond acceptors (Lipinski definition) is 5. The van der Waals surface area contributed by atoms with Crippen molar-refractivity contribution in [1.29, 1.82) is 0 Å². The van der Waals surface area contributed by atoms with Crippen LogP contribution in [0.15, 0.2) is 28.2 Å². The van der Waals surface area contributed by atoms with Crippen molar-refractivity contribution >= 4 is 11.3 Å². The standard InChI is InChI=1S/C16H20N2O2S/c1-2-5-14-13(4-1)18(7-8-19-14)10-12-11-20-16(17-12)15-6-3-9-21-15/h3,6,9,11,13-14H,1-2,4-5,7-8,10H2/t13-,14+/m0/s1. The third-order valence-corrected chi connectivity index (χ3v) is 5.35. The van der Waals surface area contributed by atoms with Gasteiger partial charge >= 0.3 is 0 Å². The Bertz CT molecular complexity index is 579. The van der Waals surface area contributed by atoms with E-state index in [1.165, 1.54) is 25.7 Å². The summed E-state index contributed by atoms with van der Waals surface area (Å²) in [5, 5.41) is 2.05. The molecule has 0 unspecified atom stereocenters. The average molecular weight is 304 g/mol. The molecule has 0 amide bonds. The lowest BCUT2D eigenvalue weighted by Crippen LogP contribution is -2.52. The molecule has 2 aromatic rings. The van der Waals surface area contributed by atoms with Crippen LogP contribution in [0.1, 0.15) is 31.4 Å². The van der Waals surface area contributed by atoms with Crippen LogP contribution in [0.4, 0.5) is 0 Å². The lowest BCUT2D eigenvalue weighted by molar-refractivity contribution is -0.0914. The van der Waals surface area contributed by atoms with Crippen LogP contribution in [-0.4, -0.2) is 35.2 Å². The molecule has 2 fully saturated rings. The zero-order chi connectivity index (χ0) is 14.1. The van der Waals surface area contributed by atoms with E-state index in [9.17, 15) is 0 Å². The number of aromatic nitrogens is 1. The molecule has 1 aliphatic carbocycles. The van der Waals surface area contributed by atoms with Gasteiger partial charge in [0.25, 0.3) is 0 Å². The predicted molar refractivity (Wildman–Crippen MR) is 82.2 cm³/mol. The van der Waals surface area contributed by atoms with E-state index in [0.29, 0.717) is 12.1 Å². The molecule has 4 rings (SSSR count). The first-order valence-electron chi connectivity index (χ1n) is 7.74. The zero-order valence-electron chi connectivity index (χ0n) is 12.0. The average Bonchev–Trinajstić information content (AvgIpc) is 3.18. The van der Waals surface area contributed by atoms with Crippen molar-refractivity contribution in [3.05, 3.63) is 29.5 Å². The molecule has 4 nitrogen and oxygen atoms in total. The minimum absolute atomic E-state index is 0.427. The Balaban J connectivity index is 1.47. The highest BCUT2D eigenvalue weighted by Gasteiger charge is 2.34. The van der Waals surface area contributed by atoms with Crippen molar-refractivity contribution in [2.45, 2.75) is 44.4 Å². The molecule has 3 heterocycles. The maximum atomic E-state index is 5.93. The molecule has 0 bridgehead atoms. The van der Waals surface area contributed by atoms with Gasteiger partial charge < -0.3 is 9.15 Å². The summed E-state index contributed by atoms with van der Waals surface area (Å²) in [5.41, 5.74) is 1.03. The molecule has 1 saturated heterocycles. The van der Waals surface area contributed by atoms with Crippen molar-refractivity contribution in [3.8, 4) is 10.8 Å². The second-order valence-corrected chi connectivity index (χ2v) is 6.80. The summed E-state index contributed by atoms with van der Waals surface area (Å²) in [6.07, 6.45) is 7.32. The van der Waals surface area contributed by atoms with Crippen molar-refractivity contribution in [3.63, 3.8) is 0 Å². The fourth-order valence-electron chi connectivity index (χ4n) is 3.47. The molecule has 0 N–H and O–H groups in total. The lowest BCUT2D eigenvalue weighted by atomic mass is 9.90. The van der Waals surface area contributed by atoms with Gasteiger partial charge in [-0.25, -0.2) is 4.98 Å². The van der Waals surface area contributed by atoms with Crippen molar-refractivity contribution < 1.29 is 9.15 Å². The number of oxazole rings is 1. The summed E-state index contributed by atoms with van der Waals surface area (Å²) >= 11 is 1.66. The van der Waals surface area contributed by atoms with Gasteiger partial charge in [0.2, 0.25) is 5.89 Å². The van der Waals surface area contributed by atoms with E-state index in [-0.39, 0.29) is 0 Å². The summed E-state index contributed by atoms with van der Waals surface area (Å²) in [5.74, 6) is 0.744. The molecule has 1 aliphatic heterocycles. The molecule has 2 atom stereocenters. The SMILES string of the molecule is c1csc(-c2nc(CN3CCO[C@@H]4CCCC[C@@H]43)co2)c1. The van der Waals surface area contributed by atoms with Crippen LogP contribution in [0.5, 0.6) is 0 Å². The highest BCUT2D eigenvalue weighted by Crippen LogP contribution is 2.30. The fourth-order valence-corrected chi connectivity index (χ4v) is 4.13. The predicted octanol–water partition coefficient (Wildman–Crippen LogP) is 3.55. The second kappa shape index (κ2) is 5.91. The van der Waals surface area contributed by atoms with Gasteiger partial charge in [0.15, 0.2) is 0 Å². The molecule has 2 aliphatic rings. The topological polar surface area (TPSA) is 38.5 Å². The summed E-state index contributed by atoms with van der Waals surface area (Å²) in [7, 11) is 0. The molecule has 0 aromatic carbocycles. The van der Waals surface area contributed by atoms with E-state index in [1.807, 2.05) is 23.8 Å². The first-order valence-corrected chi connectivity index (χ1v) is 8.62. The number of rotatable bonds is 3. The van der Waals surface area contributed by atoms with Gasteiger partial charge in [-0.15, -0.1) is 11.3 Å². The monoisotopic (exact) mass is 304 g/mol. The van der Waals surface area contributed by atoms with Crippen molar-refractivity contribution in [2.75, 3.05) is 13.2 Å². The van der Waals surface area contributed by atoms with Gasteiger partial charge in [-0.2, -0.15) is 0 Å². The van der Waals surface area contributed by atoms with Gasteiger partial charge in [-0.05, 0) is 24.3 Å². The molecule has 0 spiro atoms. The smallest absolute Gasteiger partial charge is 0.236 e. The van der Waals surface area contributed by atoms with Crippen LogP contribution in [0, 0.1) is 0 Å². The Hall–Kier alpha value is -1.17. The third kappa shape index (κ3) is 2.78. The Morgan fingerprint density at radius 3 is 3.19 bits per heavy atom. The first-order chi connectivity index (χ1) is 10.4. The first kappa shape index (κ1) is 13.5. The molecule has 5 heteroatoms. The summed E-state index contributed by atoms with van der Waals surface area (Å²) < 4.78 is 11.6. The van der Waals surface area contributed by atoms with Crippen LogP contribution in [0.2, 0.25) is 0 Å². The molecular formula is C16H20N2O2S. The highest BCUT2D eigenvalue weighted by atomic mass is 32.1. The maximum absolute atomic E-state index is 5.93. The third-order valence-electron chi connectivity index (χ3n) is 4.50. The number of nitrogens with zero attached hydrogens (tertiary/aromatic N) is 2. The molecule has 1 saturated carbocycles. The van der Waals surface area contributed by atoms with Gasteiger partial charge in [0, 0.05) is 19.1 Å². The second-order valence-electron chi connectivity index (χ2n) is 5.85. The van der Waals surface area contributed by atoms with Crippen LogP contribution in [-0.2, 0) is 11.3 Å². The molecule has 21 heavy (non-hydrogen) atoms. The summed E-state index contributed by atoms with van der Waals surface area (Å²) in [6.45, 7) is 2.72. The van der Waals surface area contributed by atoms with Crippen LogP contribution < -0.4 is 0 Å². The van der Waals surface area contributed by atoms with Gasteiger partial charge in [0.05, 0.1) is 23.3 Å². The Kier molecular flexibility index (Phi) is 3.80. The van der Waals surface area contributed by atoms with E-state index >= 15 is 0 Å². The van der Waals surface area contributed by atoms with E-state index in [2.05, 4.69) is 9.88 Å². The Morgan fingerprint density at radius 1 is 1.33 bits per heavy atom. The Labute approximate surface area is 128 Å². The van der Waals surface area contributed by atoms with Gasteiger partial charge in [0.1, 0.15) is 6.26 Å². The molecule has 2 aromatic heterocycles. The minimum atomic E-state index is 0.427. The van der Waals surface area contributed by atoms with Gasteiger partial charge in [-0.3, -0.25) is 4.90 Å². The van der Waals surface area contributed by atoms with E-state index in [1.54, 1.807) is 11.3 Å². The number of morpholine rings is 1. The molecule has 0 radical (unpaired) electrons. The quantitative estimate of drug-likeness (QED) is 0.869. The van der Waals surface area contributed by atoms with Crippen molar-refractivity contribution in [1.82, 2.24) is 9.88 Å². The van der Waals surface area contributed by atoms with E-state index in [0.717, 1.165) is 36.2 Å². The molecule has 112 valence electrons. The highest BCUT2D eigenvalue weighted by molar-refractivity contribution is 7.13. The Morgan fingerprint density at radius 2 is 2.29 bits per heavy atom. The minimum Gasteiger partial charge on any atom is -0.444 e. The number of ether oxygens (including phenoxy) is 1. The lowest BCUT2D eigenvalue weighted by Gasteiger charge is -2.43. The summed E-state index contributed by atoms with van der Waals surface area (Å²) in [4.78, 5) is 8.27. The van der Waals surface area contributed by atoms with Crippen LogP contribution in [0.3, 0.4) is 0 Å². The summed E-state index contributed by atoms with van der Waals surface area (Å²) in [6, 6.07) is 4.64. The van der Waals surface area contributed by atoms with Crippen molar-refractivity contribution in [2.24, 2.45) is 0 Å². The maximum Gasteiger partial charge on any atom is 0.236 e. The number of thiophene rings is 1. The number of fused-ring (bicyclic) bond motifs is 1. The van der Waals surface area contributed by atoms with Crippen LogP contribution >= 0.6 is 11.3 Å². The largest absolute Gasteiger partial charge is 0.444 e. The fraction of sp³-hybridized carbons (Fsp3) is 0.562. The number of hydrogen-bond donors (Lipinski definition) is 0. The van der Waals surface area contributed by atoms with Gasteiger partial charge in [-0.1, -0.05) is 18.9 Å². The zero-order valence-corrected chi connectivity index (χ0v) is 12.8. The molecular weight excluding hydrogens is 284 g/mol. The van der Waals surface area contributed by atoms with E-state index in [4.69, 9.17) is 9.15 Å². The van der Waals surface area contributed by atoms with Crippen LogP contribution in [0.25, 0.3) is 10.8 Å².